The highest BCUT2D eigenvalue weighted by Gasteiger charge is 2.29. The quantitative estimate of drug-likeness (QED) is 0.132. The Bertz CT molecular complexity index is 1100. The van der Waals surface area contributed by atoms with Crippen molar-refractivity contribution < 1.29 is 27.4 Å². The molecule has 1 aromatic rings. The first kappa shape index (κ1) is 29.0. The molecule has 2 N–H and O–H groups in total. The second-order valence-electron chi connectivity index (χ2n) is 8.79. The number of nitrogens with one attached hydrogen (secondary N) is 1. The molecule has 0 saturated carbocycles. The number of ketones is 2. The highest BCUT2D eigenvalue weighted by atomic mass is 32.2. The number of benzene rings is 1. The zero-order valence-electron chi connectivity index (χ0n) is 20.1. The van der Waals surface area contributed by atoms with Crippen molar-refractivity contribution in [3.8, 4) is 0 Å². The first-order valence-electron chi connectivity index (χ1n) is 10.9. The van der Waals surface area contributed by atoms with Crippen LogP contribution in [0.2, 0.25) is 0 Å². The van der Waals surface area contributed by atoms with E-state index in [1.165, 1.54) is 25.1 Å². The van der Waals surface area contributed by atoms with Gasteiger partial charge in [-0.2, -0.15) is 8.42 Å². The second kappa shape index (κ2) is 12.5. The minimum absolute atomic E-state index is 0.0111. The molecule has 1 amide bonds. The summed E-state index contributed by atoms with van der Waals surface area (Å²) in [7, 11) is -4.63. The number of hydrogen-bond acceptors (Lipinski definition) is 6. The summed E-state index contributed by atoms with van der Waals surface area (Å²) in [6.07, 6.45) is 3.99. The molecule has 0 aliphatic heterocycles. The molecule has 11 heteroatoms. The second-order valence-corrected chi connectivity index (χ2v) is 10.2. The van der Waals surface area contributed by atoms with Crippen LogP contribution in [0.5, 0.6) is 0 Å². The largest absolute Gasteiger partial charge is 0.351 e. The number of azide groups is 1. The molecule has 186 valence electrons. The van der Waals surface area contributed by atoms with E-state index in [2.05, 4.69) is 15.3 Å². The molecule has 0 aliphatic carbocycles. The maximum Gasteiger partial charge on any atom is 0.295 e. The highest BCUT2D eigenvalue weighted by Crippen LogP contribution is 2.25. The summed E-state index contributed by atoms with van der Waals surface area (Å²) < 4.78 is 32.8. The Morgan fingerprint density at radius 3 is 2.32 bits per heavy atom. The van der Waals surface area contributed by atoms with E-state index in [9.17, 15) is 27.4 Å². The van der Waals surface area contributed by atoms with Crippen LogP contribution in [-0.2, 0) is 24.5 Å². The van der Waals surface area contributed by atoms with Gasteiger partial charge in [0.05, 0.1) is 0 Å². The van der Waals surface area contributed by atoms with Crippen LogP contribution < -0.4 is 5.32 Å². The SMILES string of the molecule is CCC(CC(CC)C(=O)NC(C)(C)CC(=O)/C=C\c1ccc(N=[N+]=[N-])cc1S(=O)(=O)O)C(C)=O. The van der Waals surface area contributed by atoms with E-state index in [1.807, 2.05) is 13.8 Å². The van der Waals surface area contributed by atoms with Crippen LogP contribution in [0.4, 0.5) is 5.69 Å². The number of carbonyl (C=O) groups excluding carboxylic acids is 3. The van der Waals surface area contributed by atoms with E-state index in [0.717, 1.165) is 12.1 Å². The predicted octanol–water partition coefficient (Wildman–Crippen LogP) is 4.77. The lowest BCUT2D eigenvalue weighted by molar-refractivity contribution is -0.128. The van der Waals surface area contributed by atoms with Crippen molar-refractivity contribution in [1.29, 1.82) is 0 Å². The highest BCUT2D eigenvalue weighted by molar-refractivity contribution is 7.86. The Hall–Kier alpha value is -3.01. The van der Waals surface area contributed by atoms with Gasteiger partial charge < -0.3 is 5.32 Å². The van der Waals surface area contributed by atoms with E-state index >= 15 is 0 Å². The number of allylic oxidation sites excluding steroid dienone is 1. The fourth-order valence-electron chi connectivity index (χ4n) is 3.58. The summed E-state index contributed by atoms with van der Waals surface area (Å²) in [6, 6.07) is 3.64. The zero-order valence-corrected chi connectivity index (χ0v) is 20.9. The lowest BCUT2D eigenvalue weighted by Crippen LogP contribution is -2.47. The molecule has 0 fully saturated rings. The van der Waals surface area contributed by atoms with Gasteiger partial charge in [-0.25, -0.2) is 0 Å². The van der Waals surface area contributed by atoms with Gasteiger partial charge >= 0.3 is 0 Å². The molecule has 0 saturated heterocycles. The van der Waals surface area contributed by atoms with Gasteiger partial charge in [-0.1, -0.05) is 37.2 Å². The van der Waals surface area contributed by atoms with E-state index < -0.39 is 20.6 Å². The van der Waals surface area contributed by atoms with Crippen molar-refractivity contribution in [2.75, 3.05) is 0 Å². The third-order valence-corrected chi connectivity index (χ3v) is 6.37. The Labute approximate surface area is 200 Å². The Morgan fingerprint density at radius 1 is 1.21 bits per heavy atom. The fourth-order valence-corrected chi connectivity index (χ4v) is 4.28. The summed E-state index contributed by atoms with van der Waals surface area (Å²) in [5, 5.41) is 6.18. The Balaban J connectivity index is 2.96. The molecule has 1 rings (SSSR count). The summed E-state index contributed by atoms with van der Waals surface area (Å²) in [5.41, 5.74) is 7.64. The van der Waals surface area contributed by atoms with Crippen LogP contribution in [0, 0.1) is 11.8 Å². The summed E-state index contributed by atoms with van der Waals surface area (Å²) in [6.45, 7) is 8.70. The van der Waals surface area contributed by atoms with Crippen molar-refractivity contribution in [2.45, 2.75) is 70.7 Å². The van der Waals surface area contributed by atoms with Gasteiger partial charge in [0.2, 0.25) is 5.91 Å². The molecule has 0 heterocycles. The van der Waals surface area contributed by atoms with Crippen LogP contribution in [0.25, 0.3) is 16.5 Å². The molecule has 0 radical (unpaired) electrons. The molecule has 0 aliphatic rings. The van der Waals surface area contributed by atoms with Crippen LogP contribution in [-0.4, -0.2) is 36.0 Å². The van der Waals surface area contributed by atoms with Gasteiger partial charge in [0.15, 0.2) is 5.78 Å². The fraction of sp³-hybridized carbons (Fsp3) is 0.522. The van der Waals surface area contributed by atoms with E-state index in [1.54, 1.807) is 13.8 Å². The molecule has 0 bridgehead atoms. The monoisotopic (exact) mass is 492 g/mol. The molecule has 0 spiro atoms. The third kappa shape index (κ3) is 9.09. The number of amides is 1. The average Bonchev–Trinajstić information content (AvgIpc) is 2.72. The minimum atomic E-state index is -4.63. The maximum absolute atomic E-state index is 12.8. The molecule has 1 aromatic carbocycles. The molecule has 10 nitrogen and oxygen atoms in total. The number of rotatable bonds is 13. The van der Waals surface area contributed by atoms with Crippen LogP contribution in [0.3, 0.4) is 0 Å². The number of nitrogens with zero attached hydrogens (tertiary/aromatic N) is 3. The van der Waals surface area contributed by atoms with Crippen LogP contribution in [0.1, 0.15) is 65.9 Å². The lowest BCUT2D eigenvalue weighted by Gasteiger charge is -2.28. The Kier molecular flexibility index (Phi) is 10.6. The Morgan fingerprint density at radius 2 is 1.82 bits per heavy atom. The van der Waals surface area contributed by atoms with Gasteiger partial charge in [-0.15, -0.1) is 0 Å². The molecule has 0 aromatic heterocycles. The van der Waals surface area contributed by atoms with Crippen molar-refractivity contribution in [1.82, 2.24) is 5.32 Å². The number of Topliss-reactive ketones (excluding diaryl/α,β-unsaturated/α-hetero) is 1. The summed E-state index contributed by atoms with van der Waals surface area (Å²) in [5.74, 6) is -1.11. The molecular formula is C23H32N4O6S. The van der Waals surface area contributed by atoms with Gasteiger partial charge in [0.25, 0.3) is 10.1 Å². The van der Waals surface area contributed by atoms with Gasteiger partial charge in [0, 0.05) is 34.4 Å². The van der Waals surface area contributed by atoms with E-state index in [4.69, 9.17) is 5.53 Å². The minimum Gasteiger partial charge on any atom is -0.351 e. The zero-order chi connectivity index (χ0) is 26.1. The average molecular weight is 493 g/mol. The first-order valence-corrected chi connectivity index (χ1v) is 12.4. The number of hydrogen-bond donors (Lipinski definition) is 2. The van der Waals surface area contributed by atoms with Gasteiger partial charge in [0.1, 0.15) is 10.7 Å². The molecule has 34 heavy (non-hydrogen) atoms. The van der Waals surface area contributed by atoms with E-state index in [-0.39, 0.29) is 47.0 Å². The third-order valence-electron chi connectivity index (χ3n) is 5.46. The lowest BCUT2D eigenvalue weighted by atomic mass is 9.87. The summed E-state index contributed by atoms with van der Waals surface area (Å²) in [4.78, 5) is 39.1. The molecular weight excluding hydrogens is 460 g/mol. The normalized spacial score (nSPS) is 13.7. The van der Waals surface area contributed by atoms with Crippen molar-refractivity contribution in [3.63, 3.8) is 0 Å². The standard InChI is InChI=1S/C23H32N4O6S/c1-6-16(15(3)28)12-17(7-2)22(30)25-23(4,5)14-20(29)11-9-18-8-10-19(26-27-24)13-21(18)34(31,32)33/h8-11,13,16-17H,6-7,12,14H2,1-5H3,(H,25,30)(H,31,32,33)/b11-9-. The van der Waals surface area contributed by atoms with Crippen LogP contribution in [0.15, 0.2) is 34.3 Å². The summed E-state index contributed by atoms with van der Waals surface area (Å²) >= 11 is 0. The van der Waals surface area contributed by atoms with Crippen molar-refractivity contribution in [2.24, 2.45) is 17.0 Å². The van der Waals surface area contributed by atoms with Gasteiger partial charge in [-0.3, -0.25) is 18.9 Å². The topological polar surface area (TPSA) is 166 Å². The first-order chi connectivity index (χ1) is 15.7. The molecule has 2 atom stereocenters. The van der Waals surface area contributed by atoms with Crippen LogP contribution >= 0.6 is 0 Å². The van der Waals surface area contributed by atoms with E-state index in [0.29, 0.717) is 19.3 Å². The van der Waals surface area contributed by atoms with Crippen molar-refractivity contribution >= 4 is 39.4 Å². The smallest absolute Gasteiger partial charge is 0.295 e. The van der Waals surface area contributed by atoms with Gasteiger partial charge in [-0.05, 0) is 63.3 Å². The predicted molar refractivity (Wildman–Crippen MR) is 129 cm³/mol. The number of carbonyl (C=O) groups is 3. The van der Waals surface area contributed by atoms with Crippen molar-refractivity contribution in [3.05, 3.63) is 40.3 Å². The molecule has 2 unspecified atom stereocenters. The maximum atomic E-state index is 12.8.